The summed E-state index contributed by atoms with van der Waals surface area (Å²) in [6, 6.07) is 0. The summed E-state index contributed by atoms with van der Waals surface area (Å²) in [5.74, 6) is 0.124. The monoisotopic (exact) mass is 270 g/mol. The van der Waals surface area contributed by atoms with Crippen LogP contribution in [0.1, 0.15) is 90.9 Å². The quantitative estimate of drug-likeness (QED) is 0.378. The van der Waals surface area contributed by atoms with Crippen molar-refractivity contribution in [2.45, 2.75) is 90.9 Å². The van der Waals surface area contributed by atoms with Crippen LogP contribution >= 0.6 is 0 Å². The average Bonchev–Trinajstić information content (AvgIpc) is 2.39. The van der Waals surface area contributed by atoms with Gasteiger partial charge in [0.1, 0.15) is 6.61 Å². The molecule has 0 unspecified atom stereocenters. The van der Waals surface area contributed by atoms with Crippen LogP contribution in [-0.4, -0.2) is 19.0 Å². The third kappa shape index (κ3) is 17.6. The van der Waals surface area contributed by atoms with Gasteiger partial charge >= 0.3 is 0 Å². The van der Waals surface area contributed by atoms with Gasteiger partial charge in [-0.05, 0) is 13.3 Å². The minimum Gasteiger partial charge on any atom is -0.374 e. The normalized spacial score (nSPS) is 10.8. The van der Waals surface area contributed by atoms with E-state index in [9.17, 15) is 4.79 Å². The van der Waals surface area contributed by atoms with Crippen molar-refractivity contribution in [3.05, 3.63) is 0 Å². The highest BCUT2D eigenvalue weighted by molar-refractivity contribution is 5.76. The van der Waals surface area contributed by atoms with Crippen LogP contribution in [0.4, 0.5) is 0 Å². The molecule has 0 aromatic rings. The Hall–Kier alpha value is -0.370. The van der Waals surface area contributed by atoms with Gasteiger partial charge in [0.2, 0.25) is 0 Å². The number of rotatable bonds is 15. The van der Waals surface area contributed by atoms with Gasteiger partial charge in [0.25, 0.3) is 0 Å². The fourth-order valence-corrected chi connectivity index (χ4v) is 2.26. The maximum absolute atomic E-state index is 10.6. The van der Waals surface area contributed by atoms with Gasteiger partial charge in [-0.3, -0.25) is 4.79 Å². The Morgan fingerprint density at radius 3 is 1.58 bits per heavy atom. The van der Waals surface area contributed by atoms with Crippen molar-refractivity contribution in [3.63, 3.8) is 0 Å². The number of carbonyl (C=O) groups is 1. The van der Waals surface area contributed by atoms with E-state index >= 15 is 0 Å². The molecule has 2 nitrogen and oxygen atoms in total. The van der Waals surface area contributed by atoms with Gasteiger partial charge in [-0.25, -0.2) is 0 Å². The molecule has 0 aliphatic carbocycles. The standard InChI is InChI=1S/C17H34O2/c1-3-4-5-6-7-8-9-10-11-12-13-14-15-19-16-17(2)18/h3-16H2,1-2H3. The van der Waals surface area contributed by atoms with Gasteiger partial charge in [0.05, 0.1) is 0 Å². The average molecular weight is 270 g/mol. The maximum atomic E-state index is 10.6. The molecule has 0 radical (unpaired) electrons. The van der Waals surface area contributed by atoms with E-state index in [1.165, 1.54) is 70.6 Å². The molecule has 0 N–H and O–H groups in total. The summed E-state index contributed by atoms with van der Waals surface area (Å²) in [4.78, 5) is 10.6. The Bertz CT molecular complexity index is 190. The lowest BCUT2D eigenvalue weighted by atomic mass is 10.1. The minimum absolute atomic E-state index is 0.124. The van der Waals surface area contributed by atoms with E-state index in [-0.39, 0.29) is 12.4 Å². The van der Waals surface area contributed by atoms with Crippen LogP contribution in [0.25, 0.3) is 0 Å². The Morgan fingerprint density at radius 2 is 1.16 bits per heavy atom. The molecule has 0 saturated carbocycles. The van der Waals surface area contributed by atoms with E-state index in [0.29, 0.717) is 0 Å². The number of hydrogen-bond acceptors (Lipinski definition) is 2. The van der Waals surface area contributed by atoms with Crippen LogP contribution in [0, 0.1) is 0 Å². The minimum atomic E-state index is 0.124. The first-order chi connectivity index (χ1) is 9.27. The molecule has 19 heavy (non-hydrogen) atoms. The first-order valence-electron chi connectivity index (χ1n) is 8.34. The second-order valence-corrected chi connectivity index (χ2v) is 5.64. The summed E-state index contributed by atoms with van der Waals surface area (Å²) in [6.45, 7) is 4.88. The zero-order valence-electron chi connectivity index (χ0n) is 13.2. The van der Waals surface area contributed by atoms with E-state index < -0.39 is 0 Å². The molecule has 0 amide bonds. The third-order valence-electron chi connectivity index (χ3n) is 3.45. The van der Waals surface area contributed by atoms with E-state index in [2.05, 4.69) is 6.92 Å². The smallest absolute Gasteiger partial charge is 0.155 e. The van der Waals surface area contributed by atoms with Gasteiger partial charge in [-0.15, -0.1) is 0 Å². The molecule has 0 bridgehead atoms. The van der Waals surface area contributed by atoms with E-state index in [1.54, 1.807) is 6.92 Å². The fraction of sp³-hybridized carbons (Fsp3) is 0.941. The lowest BCUT2D eigenvalue weighted by Crippen LogP contribution is -2.04. The molecule has 0 rings (SSSR count). The third-order valence-corrected chi connectivity index (χ3v) is 3.45. The largest absolute Gasteiger partial charge is 0.374 e. The molecule has 0 fully saturated rings. The first-order valence-corrected chi connectivity index (χ1v) is 8.34. The van der Waals surface area contributed by atoms with Crippen molar-refractivity contribution in [2.24, 2.45) is 0 Å². The molecule has 0 atom stereocenters. The van der Waals surface area contributed by atoms with Crippen molar-refractivity contribution in [1.29, 1.82) is 0 Å². The van der Waals surface area contributed by atoms with Gasteiger partial charge in [0.15, 0.2) is 5.78 Å². The van der Waals surface area contributed by atoms with Crippen molar-refractivity contribution in [3.8, 4) is 0 Å². The van der Waals surface area contributed by atoms with Crippen LogP contribution in [-0.2, 0) is 9.53 Å². The molecule has 114 valence electrons. The number of carbonyl (C=O) groups excluding carboxylic acids is 1. The van der Waals surface area contributed by atoms with Crippen molar-refractivity contribution in [2.75, 3.05) is 13.2 Å². The van der Waals surface area contributed by atoms with E-state index in [4.69, 9.17) is 4.74 Å². The summed E-state index contributed by atoms with van der Waals surface area (Å²) in [7, 11) is 0. The zero-order valence-corrected chi connectivity index (χ0v) is 13.2. The Balaban J connectivity index is 2.93. The molecule has 0 aliphatic heterocycles. The Kier molecular flexibility index (Phi) is 15.4. The maximum Gasteiger partial charge on any atom is 0.155 e. The van der Waals surface area contributed by atoms with Gasteiger partial charge in [0, 0.05) is 6.61 Å². The summed E-state index contributed by atoms with van der Waals surface area (Å²) in [5.41, 5.74) is 0. The topological polar surface area (TPSA) is 26.3 Å². The predicted molar refractivity (Wildman–Crippen MR) is 82.6 cm³/mol. The Morgan fingerprint density at radius 1 is 0.737 bits per heavy atom. The van der Waals surface area contributed by atoms with Gasteiger partial charge < -0.3 is 4.74 Å². The molecular weight excluding hydrogens is 236 g/mol. The highest BCUT2D eigenvalue weighted by Crippen LogP contribution is 2.11. The molecule has 0 saturated heterocycles. The highest BCUT2D eigenvalue weighted by Gasteiger charge is 1.95. The van der Waals surface area contributed by atoms with Gasteiger partial charge in [-0.2, -0.15) is 0 Å². The summed E-state index contributed by atoms with van der Waals surface area (Å²) in [6.07, 6.45) is 16.3. The highest BCUT2D eigenvalue weighted by atomic mass is 16.5. The van der Waals surface area contributed by atoms with Crippen molar-refractivity contribution < 1.29 is 9.53 Å². The second-order valence-electron chi connectivity index (χ2n) is 5.64. The molecule has 0 spiro atoms. The van der Waals surface area contributed by atoms with Crippen LogP contribution in [0.5, 0.6) is 0 Å². The molecule has 0 aromatic heterocycles. The van der Waals surface area contributed by atoms with Crippen molar-refractivity contribution in [1.82, 2.24) is 0 Å². The number of ether oxygens (including phenoxy) is 1. The molecule has 0 aromatic carbocycles. The van der Waals surface area contributed by atoms with Crippen LogP contribution in [0.2, 0.25) is 0 Å². The molecule has 2 heteroatoms. The zero-order chi connectivity index (χ0) is 14.2. The van der Waals surface area contributed by atoms with Crippen LogP contribution in [0.15, 0.2) is 0 Å². The fourth-order valence-electron chi connectivity index (χ4n) is 2.26. The number of unbranched alkanes of at least 4 members (excludes halogenated alkanes) is 11. The molecular formula is C17H34O2. The second kappa shape index (κ2) is 15.7. The lowest BCUT2D eigenvalue weighted by Gasteiger charge is -2.03. The predicted octanol–water partition coefficient (Wildman–Crippen LogP) is 5.29. The van der Waals surface area contributed by atoms with Crippen LogP contribution < -0.4 is 0 Å². The summed E-state index contributed by atoms with van der Waals surface area (Å²) in [5, 5.41) is 0. The van der Waals surface area contributed by atoms with Crippen molar-refractivity contribution >= 4 is 5.78 Å². The van der Waals surface area contributed by atoms with Crippen LogP contribution in [0.3, 0.4) is 0 Å². The summed E-state index contributed by atoms with van der Waals surface area (Å²) >= 11 is 0. The molecule has 0 aliphatic rings. The number of Topliss-reactive ketones (excluding diaryl/α,β-unsaturated/α-hetero) is 1. The van der Waals surface area contributed by atoms with E-state index in [0.717, 1.165) is 13.0 Å². The summed E-state index contributed by atoms with van der Waals surface area (Å²) < 4.78 is 5.24. The number of ketones is 1. The van der Waals surface area contributed by atoms with E-state index in [1.807, 2.05) is 0 Å². The first kappa shape index (κ1) is 18.6. The Labute approximate surface area is 120 Å². The molecule has 0 heterocycles. The SMILES string of the molecule is CCCCCCCCCCCCCCOCC(C)=O. The van der Waals surface area contributed by atoms with Gasteiger partial charge in [-0.1, -0.05) is 77.6 Å². The lowest BCUT2D eigenvalue weighted by molar-refractivity contribution is -0.121. The number of hydrogen-bond donors (Lipinski definition) is 0.